The second kappa shape index (κ2) is 9.78. The fourth-order valence-electron chi connectivity index (χ4n) is 5.07. The minimum Gasteiger partial charge on any atom is -0.437 e. The molecule has 188 valence electrons. The van der Waals surface area contributed by atoms with Crippen LogP contribution in [0.3, 0.4) is 0 Å². The molecule has 0 atom stereocenters. The molecule has 10 heteroatoms. The van der Waals surface area contributed by atoms with E-state index in [1.54, 1.807) is 47.4 Å². The number of aromatic nitrogens is 5. The molecule has 37 heavy (non-hydrogen) atoms. The Morgan fingerprint density at radius 3 is 2.59 bits per heavy atom. The number of benzene rings is 1. The van der Waals surface area contributed by atoms with Crippen molar-refractivity contribution < 1.29 is 4.74 Å². The second-order valence-electron chi connectivity index (χ2n) is 9.34. The van der Waals surface area contributed by atoms with Crippen molar-refractivity contribution in [1.29, 1.82) is 0 Å². The van der Waals surface area contributed by atoms with Crippen LogP contribution in [0.25, 0.3) is 22.1 Å². The van der Waals surface area contributed by atoms with Crippen LogP contribution in [-0.2, 0) is 6.54 Å². The molecule has 4 heterocycles. The summed E-state index contributed by atoms with van der Waals surface area (Å²) in [6.45, 7) is 0.267. The first kappa shape index (κ1) is 23.9. The van der Waals surface area contributed by atoms with E-state index >= 15 is 0 Å². The predicted molar refractivity (Wildman–Crippen MR) is 145 cm³/mol. The summed E-state index contributed by atoms with van der Waals surface area (Å²) in [5, 5.41) is 1.60. The molecular weight excluding hydrogens is 511 g/mol. The first-order valence-corrected chi connectivity index (χ1v) is 12.9. The van der Waals surface area contributed by atoms with E-state index in [4.69, 9.17) is 43.6 Å². The summed E-state index contributed by atoms with van der Waals surface area (Å²) in [5.74, 6) is 0.896. The maximum atomic E-state index is 14.1. The first-order chi connectivity index (χ1) is 18.0. The smallest absolute Gasteiger partial charge is 0.330 e. The van der Waals surface area contributed by atoms with Gasteiger partial charge in [-0.25, -0.2) is 4.79 Å². The van der Waals surface area contributed by atoms with Crippen LogP contribution in [-0.4, -0.2) is 30.1 Å². The Morgan fingerprint density at radius 2 is 1.84 bits per heavy atom. The molecule has 0 bridgehead atoms. The van der Waals surface area contributed by atoms with Crippen LogP contribution < -0.4 is 16.2 Å². The van der Waals surface area contributed by atoms with E-state index in [1.165, 1.54) is 0 Å². The third-order valence-corrected chi connectivity index (χ3v) is 7.63. The fraction of sp³-hybridized carbons (Fsp3) is 0.259. The van der Waals surface area contributed by atoms with Crippen molar-refractivity contribution in [3.63, 3.8) is 0 Å². The van der Waals surface area contributed by atoms with Gasteiger partial charge in [0, 0.05) is 24.5 Å². The Bertz CT molecular complexity index is 1660. The zero-order valence-electron chi connectivity index (χ0n) is 19.8. The standard InChI is InChI=1S/C27H24Cl2N6O2/c28-21-10-5-16(13-22(21)29)15-34-25-24(35(27(34)36)18-8-6-17(30)7-9-18)23-20(4-2-12-32-23)26(33-25)37-19-3-1-11-31-14-19/h1-5,10-14,17-18H,6-9,15,30H2. The monoisotopic (exact) mass is 534 g/mol. The zero-order chi connectivity index (χ0) is 25.5. The predicted octanol–water partition coefficient (Wildman–Crippen LogP) is 5.73. The number of hydrogen-bond acceptors (Lipinski definition) is 6. The molecule has 1 aliphatic rings. The third kappa shape index (κ3) is 4.45. The highest BCUT2D eigenvalue weighted by molar-refractivity contribution is 6.42. The van der Waals surface area contributed by atoms with Crippen molar-refractivity contribution in [1.82, 2.24) is 24.1 Å². The lowest BCUT2D eigenvalue weighted by atomic mass is 9.91. The first-order valence-electron chi connectivity index (χ1n) is 12.2. The average molecular weight is 535 g/mol. The van der Waals surface area contributed by atoms with Gasteiger partial charge in [-0.15, -0.1) is 0 Å². The van der Waals surface area contributed by atoms with Gasteiger partial charge in [-0.05, 0) is 67.6 Å². The summed E-state index contributed by atoms with van der Waals surface area (Å²) < 4.78 is 9.67. The molecule has 0 saturated heterocycles. The molecule has 0 radical (unpaired) electrons. The Labute approximate surface area is 222 Å². The highest BCUT2D eigenvalue weighted by Gasteiger charge is 2.28. The molecule has 8 nitrogen and oxygen atoms in total. The van der Waals surface area contributed by atoms with E-state index in [0.29, 0.717) is 43.7 Å². The molecule has 0 unspecified atom stereocenters. The number of fused-ring (bicyclic) bond motifs is 3. The van der Waals surface area contributed by atoms with E-state index in [0.717, 1.165) is 31.2 Å². The number of nitrogens with zero attached hydrogens (tertiary/aromatic N) is 5. The number of pyridine rings is 3. The van der Waals surface area contributed by atoms with Gasteiger partial charge in [0.1, 0.15) is 16.8 Å². The van der Waals surface area contributed by atoms with Gasteiger partial charge in [0.15, 0.2) is 5.65 Å². The zero-order valence-corrected chi connectivity index (χ0v) is 21.4. The van der Waals surface area contributed by atoms with Crippen LogP contribution in [0.5, 0.6) is 11.6 Å². The Morgan fingerprint density at radius 1 is 1.03 bits per heavy atom. The highest BCUT2D eigenvalue weighted by atomic mass is 35.5. The lowest BCUT2D eigenvalue weighted by Crippen LogP contribution is -2.33. The molecule has 1 fully saturated rings. The van der Waals surface area contributed by atoms with Gasteiger partial charge < -0.3 is 10.5 Å². The van der Waals surface area contributed by atoms with Crippen LogP contribution in [0, 0.1) is 0 Å². The molecule has 0 amide bonds. The minimum absolute atomic E-state index is 0.00181. The van der Waals surface area contributed by atoms with Gasteiger partial charge in [0.25, 0.3) is 0 Å². The van der Waals surface area contributed by atoms with Crippen LogP contribution in [0.1, 0.15) is 37.3 Å². The summed E-state index contributed by atoms with van der Waals surface area (Å²) in [7, 11) is 0. The number of rotatable bonds is 5. The normalized spacial score (nSPS) is 17.9. The summed E-state index contributed by atoms with van der Waals surface area (Å²) >= 11 is 12.4. The SMILES string of the molecule is NC1CCC(n2c(=O)n(Cc3ccc(Cl)c(Cl)c3)c3nc(Oc4cccnc4)c4cccnc4c32)CC1. The summed E-state index contributed by atoms with van der Waals surface area (Å²) in [6, 6.07) is 12.8. The molecular formula is C27H24Cl2N6O2. The molecule has 1 aromatic carbocycles. The van der Waals surface area contributed by atoms with Gasteiger partial charge in [-0.1, -0.05) is 29.3 Å². The van der Waals surface area contributed by atoms with E-state index in [9.17, 15) is 4.79 Å². The van der Waals surface area contributed by atoms with E-state index in [2.05, 4.69) is 4.98 Å². The third-order valence-electron chi connectivity index (χ3n) is 6.90. The lowest BCUT2D eigenvalue weighted by molar-refractivity contribution is 0.322. The quantitative estimate of drug-likeness (QED) is 0.309. The van der Waals surface area contributed by atoms with Crippen molar-refractivity contribution in [2.45, 2.75) is 44.3 Å². The van der Waals surface area contributed by atoms with Crippen LogP contribution >= 0.6 is 23.2 Å². The van der Waals surface area contributed by atoms with Crippen LogP contribution in [0.4, 0.5) is 0 Å². The lowest BCUT2D eigenvalue weighted by Gasteiger charge is -2.27. The van der Waals surface area contributed by atoms with Gasteiger partial charge >= 0.3 is 5.69 Å². The second-order valence-corrected chi connectivity index (χ2v) is 10.1. The largest absolute Gasteiger partial charge is 0.437 e. The van der Waals surface area contributed by atoms with Gasteiger partial charge in [-0.3, -0.25) is 19.1 Å². The molecule has 6 rings (SSSR count). The van der Waals surface area contributed by atoms with Crippen molar-refractivity contribution in [3.8, 4) is 11.6 Å². The number of nitrogens with two attached hydrogens (primary N) is 1. The number of ether oxygens (including phenoxy) is 1. The maximum absolute atomic E-state index is 14.1. The molecule has 1 saturated carbocycles. The van der Waals surface area contributed by atoms with Crippen molar-refractivity contribution >= 4 is 45.3 Å². The number of hydrogen-bond donors (Lipinski definition) is 1. The number of halogens is 2. The molecule has 4 aromatic heterocycles. The fourth-order valence-corrected chi connectivity index (χ4v) is 5.39. The molecule has 0 spiro atoms. The Hall–Kier alpha value is -3.46. The summed E-state index contributed by atoms with van der Waals surface area (Å²) in [4.78, 5) is 27.8. The summed E-state index contributed by atoms with van der Waals surface area (Å²) in [5.41, 5.74) is 8.71. The topological polar surface area (TPSA) is 101 Å². The minimum atomic E-state index is -0.153. The van der Waals surface area contributed by atoms with Crippen molar-refractivity contribution in [2.24, 2.45) is 5.73 Å². The molecule has 1 aliphatic carbocycles. The van der Waals surface area contributed by atoms with E-state index in [-0.39, 0.29) is 24.3 Å². The Kier molecular flexibility index (Phi) is 6.32. The van der Waals surface area contributed by atoms with Crippen molar-refractivity contribution in [2.75, 3.05) is 0 Å². The number of imidazole rings is 1. The molecule has 0 aliphatic heterocycles. The highest BCUT2D eigenvalue weighted by Crippen LogP contribution is 2.36. The van der Waals surface area contributed by atoms with Crippen LogP contribution in [0.2, 0.25) is 10.0 Å². The van der Waals surface area contributed by atoms with Gasteiger partial charge in [0.2, 0.25) is 5.88 Å². The summed E-state index contributed by atoms with van der Waals surface area (Å²) in [6.07, 6.45) is 8.36. The van der Waals surface area contributed by atoms with Gasteiger partial charge in [-0.2, -0.15) is 4.98 Å². The van der Waals surface area contributed by atoms with E-state index < -0.39 is 0 Å². The van der Waals surface area contributed by atoms with Gasteiger partial charge in [0.05, 0.1) is 28.2 Å². The molecule has 5 aromatic rings. The van der Waals surface area contributed by atoms with E-state index in [1.807, 2.05) is 22.8 Å². The average Bonchev–Trinajstić information content (AvgIpc) is 3.18. The maximum Gasteiger partial charge on any atom is 0.330 e. The molecule has 2 N–H and O–H groups in total. The van der Waals surface area contributed by atoms with Crippen LogP contribution in [0.15, 0.2) is 65.8 Å². The van der Waals surface area contributed by atoms with Crippen molar-refractivity contribution in [3.05, 3.63) is 87.1 Å². The Balaban J connectivity index is 1.60.